The summed E-state index contributed by atoms with van der Waals surface area (Å²) in [6.07, 6.45) is 4.29. The van der Waals surface area contributed by atoms with Gasteiger partial charge in [-0.25, -0.2) is 5.90 Å². The van der Waals surface area contributed by atoms with E-state index in [1.807, 2.05) is 42.7 Å². The molecule has 2 unspecified atom stereocenters. The highest BCUT2D eigenvalue weighted by molar-refractivity contribution is 6.30. The molecule has 2 aliphatic rings. The molecule has 37 heavy (non-hydrogen) atoms. The lowest BCUT2D eigenvalue weighted by atomic mass is 9.72. The molecule has 9 heteroatoms. The number of hydrogen-bond acceptors (Lipinski definition) is 6. The number of nitrogens with zero attached hydrogens (tertiary/aromatic N) is 4. The number of hydrogen-bond donors (Lipinski definition) is 2. The van der Waals surface area contributed by atoms with Crippen LogP contribution in [0.5, 0.6) is 0 Å². The molecule has 2 aromatic carbocycles. The molecule has 2 heterocycles. The van der Waals surface area contributed by atoms with Gasteiger partial charge in [0.1, 0.15) is 17.5 Å². The summed E-state index contributed by atoms with van der Waals surface area (Å²) >= 11 is 6.23. The van der Waals surface area contributed by atoms with Crippen molar-refractivity contribution >= 4 is 23.2 Å². The second-order valence-corrected chi connectivity index (χ2v) is 10.4. The Morgan fingerprint density at radius 2 is 2.00 bits per heavy atom. The molecule has 0 saturated heterocycles. The lowest BCUT2D eigenvalue weighted by Crippen LogP contribution is -2.41. The summed E-state index contributed by atoms with van der Waals surface area (Å²) < 4.78 is 2.01. The number of carbonyl (C=O) groups is 1. The number of aryl methyl sites for hydroxylation is 1. The third-order valence-electron chi connectivity index (χ3n) is 7.73. The normalized spacial score (nSPS) is 23.0. The maximum absolute atomic E-state index is 12.7. The smallest absolute Gasteiger partial charge is 0.222 e. The second-order valence-electron chi connectivity index (χ2n) is 9.98. The Morgan fingerprint density at radius 3 is 2.70 bits per heavy atom. The number of nitrogens with one attached hydrogen (secondary N) is 1. The van der Waals surface area contributed by atoms with Crippen LogP contribution in [0, 0.1) is 12.8 Å². The van der Waals surface area contributed by atoms with Gasteiger partial charge < -0.3 is 5.32 Å². The van der Waals surface area contributed by atoms with E-state index in [1.54, 1.807) is 0 Å². The summed E-state index contributed by atoms with van der Waals surface area (Å²) in [6, 6.07) is 13.4. The predicted octanol–water partition coefficient (Wildman–Crippen LogP) is 4.94. The van der Waals surface area contributed by atoms with E-state index in [1.165, 1.54) is 6.42 Å². The Hall–Kier alpha value is -3.07. The zero-order valence-corrected chi connectivity index (χ0v) is 22.3. The standard InChI is InChI=1S/C28H33ClN6O2/c1-4-31-25(36)16-23-27-34-33-18(3)35(27)24-13-10-20(28(37-30)14-6-5-7-17(28)2)15-22(24)26(32-23)19-8-11-21(29)12-9-19/h8-13,15,17,23H,4-7,14,16,30H2,1-3H3,(H,31,36)/t17?,23-,28?/m0/s1. The fourth-order valence-corrected chi connectivity index (χ4v) is 5.89. The number of amides is 1. The molecule has 3 aromatic rings. The van der Waals surface area contributed by atoms with Crippen LogP contribution in [0.25, 0.3) is 5.69 Å². The minimum Gasteiger partial charge on any atom is -0.356 e. The van der Waals surface area contributed by atoms with Gasteiger partial charge in [-0.15, -0.1) is 10.2 Å². The minimum atomic E-state index is -0.573. The van der Waals surface area contributed by atoms with Crippen LogP contribution >= 0.6 is 11.6 Å². The number of benzene rings is 2. The molecule has 8 nitrogen and oxygen atoms in total. The molecule has 0 bridgehead atoms. The quantitative estimate of drug-likeness (QED) is 0.447. The molecule has 1 aliphatic heterocycles. The number of rotatable bonds is 6. The van der Waals surface area contributed by atoms with Crippen molar-refractivity contribution in [3.05, 3.63) is 75.8 Å². The van der Waals surface area contributed by atoms with Gasteiger partial charge in [-0.2, -0.15) is 0 Å². The summed E-state index contributed by atoms with van der Waals surface area (Å²) in [5.74, 6) is 7.55. The molecule has 5 rings (SSSR count). The molecule has 1 saturated carbocycles. The highest BCUT2D eigenvalue weighted by Crippen LogP contribution is 2.45. The average molecular weight is 521 g/mol. The lowest BCUT2D eigenvalue weighted by molar-refractivity contribution is -0.121. The van der Waals surface area contributed by atoms with E-state index in [4.69, 9.17) is 27.3 Å². The highest BCUT2D eigenvalue weighted by atomic mass is 35.5. The van der Waals surface area contributed by atoms with E-state index >= 15 is 0 Å². The third kappa shape index (κ3) is 4.58. The van der Waals surface area contributed by atoms with Crippen molar-refractivity contribution in [2.75, 3.05) is 6.54 Å². The zero-order valence-electron chi connectivity index (χ0n) is 21.5. The van der Waals surface area contributed by atoms with Gasteiger partial charge in [-0.1, -0.05) is 49.6 Å². The van der Waals surface area contributed by atoms with Gasteiger partial charge in [0.15, 0.2) is 5.82 Å². The first kappa shape index (κ1) is 25.6. The van der Waals surface area contributed by atoms with Crippen molar-refractivity contribution in [3.63, 3.8) is 0 Å². The number of fused-ring (bicyclic) bond motifs is 3. The Morgan fingerprint density at radius 1 is 1.22 bits per heavy atom. The van der Waals surface area contributed by atoms with Gasteiger partial charge >= 0.3 is 0 Å². The molecule has 3 atom stereocenters. The molecule has 194 valence electrons. The van der Waals surface area contributed by atoms with Gasteiger partial charge in [0, 0.05) is 22.7 Å². The van der Waals surface area contributed by atoms with Crippen LogP contribution in [-0.4, -0.2) is 32.9 Å². The van der Waals surface area contributed by atoms with Crippen LogP contribution in [-0.2, 0) is 15.2 Å². The molecule has 0 radical (unpaired) electrons. The molecule has 1 aromatic heterocycles. The summed E-state index contributed by atoms with van der Waals surface area (Å²) in [7, 11) is 0. The van der Waals surface area contributed by atoms with Crippen LogP contribution < -0.4 is 11.2 Å². The van der Waals surface area contributed by atoms with Crippen molar-refractivity contribution in [1.82, 2.24) is 20.1 Å². The van der Waals surface area contributed by atoms with E-state index in [0.29, 0.717) is 17.4 Å². The monoisotopic (exact) mass is 520 g/mol. The molecule has 1 amide bonds. The lowest BCUT2D eigenvalue weighted by Gasteiger charge is -2.41. The number of aliphatic imine (C=N–C) groups is 1. The van der Waals surface area contributed by atoms with Crippen molar-refractivity contribution < 1.29 is 9.63 Å². The summed E-state index contributed by atoms with van der Waals surface area (Å²) in [5.41, 5.74) is 3.94. The van der Waals surface area contributed by atoms with Gasteiger partial charge in [-0.05, 0) is 62.4 Å². The van der Waals surface area contributed by atoms with E-state index in [-0.39, 0.29) is 18.2 Å². The average Bonchev–Trinajstić information content (AvgIpc) is 3.22. The summed E-state index contributed by atoms with van der Waals surface area (Å²) in [5, 5.41) is 12.4. The van der Waals surface area contributed by atoms with Gasteiger partial charge in [0.2, 0.25) is 5.91 Å². The van der Waals surface area contributed by atoms with E-state index in [9.17, 15) is 4.79 Å². The number of carbonyl (C=O) groups excluding carboxylic acids is 1. The van der Waals surface area contributed by atoms with Crippen molar-refractivity contribution in [2.24, 2.45) is 16.8 Å². The minimum absolute atomic E-state index is 0.0860. The Balaban J connectivity index is 1.74. The Kier molecular flexibility index (Phi) is 7.16. The Labute approximate surface area is 222 Å². The number of aromatic nitrogens is 3. The zero-order chi connectivity index (χ0) is 26.2. The van der Waals surface area contributed by atoms with Gasteiger partial charge in [0.25, 0.3) is 0 Å². The van der Waals surface area contributed by atoms with Crippen molar-refractivity contribution in [3.8, 4) is 5.69 Å². The van der Waals surface area contributed by atoms with Gasteiger partial charge in [-0.3, -0.25) is 19.2 Å². The second kappa shape index (κ2) is 10.4. The maximum atomic E-state index is 12.7. The van der Waals surface area contributed by atoms with Gasteiger partial charge in [0.05, 0.1) is 17.8 Å². The van der Waals surface area contributed by atoms with E-state index in [0.717, 1.165) is 53.2 Å². The van der Waals surface area contributed by atoms with E-state index < -0.39 is 11.6 Å². The largest absolute Gasteiger partial charge is 0.356 e. The van der Waals surface area contributed by atoms with Crippen LogP contribution in [0.2, 0.25) is 5.02 Å². The highest BCUT2D eigenvalue weighted by Gasteiger charge is 2.42. The SMILES string of the molecule is CCNC(=O)C[C@@H]1N=C(c2ccc(Cl)cc2)c2cc(C3(ON)CCCCC3C)ccc2-n2c(C)nnc21. The Bertz CT molecular complexity index is 1330. The van der Waals surface area contributed by atoms with Crippen molar-refractivity contribution in [1.29, 1.82) is 0 Å². The first-order valence-electron chi connectivity index (χ1n) is 12.9. The molecule has 0 spiro atoms. The van der Waals surface area contributed by atoms with E-state index in [2.05, 4.69) is 40.6 Å². The molecular formula is C28H33ClN6O2. The summed E-state index contributed by atoms with van der Waals surface area (Å²) in [6.45, 7) is 6.57. The first-order chi connectivity index (χ1) is 17.9. The summed E-state index contributed by atoms with van der Waals surface area (Å²) in [4.78, 5) is 23.7. The van der Waals surface area contributed by atoms with Crippen LogP contribution in [0.3, 0.4) is 0 Å². The van der Waals surface area contributed by atoms with Crippen molar-refractivity contribution in [2.45, 2.75) is 64.5 Å². The molecular weight excluding hydrogens is 488 g/mol. The van der Waals surface area contributed by atoms with Crippen LogP contribution in [0.4, 0.5) is 0 Å². The van der Waals surface area contributed by atoms with Crippen LogP contribution in [0.1, 0.15) is 80.3 Å². The molecule has 3 N–H and O–H groups in total. The molecule has 1 fully saturated rings. The fraction of sp³-hybridized carbons (Fsp3) is 0.429. The number of nitrogens with two attached hydrogens (primary N) is 1. The van der Waals surface area contributed by atoms with Crippen LogP contribution in [0.15, 0.2) is 47.5 Å². The fourth-order valence-electron chi connectivity index (χ4n) is 5.77. The maximum Gasteiger partial charge on any atom is 0.222 e. The third-order valence-corrected chi connectivity index (χ3v) is 7.98. The molecule has 1 aliphatic carbocycles. The topological polar surface area (TPSA) is 107 Å². The number of halogens is 1. The predicted molar refractivity (Wildman–Crippen MR) is 144 cm³/mol. The first-order valence-corrected chi connectivity index (χ1v) is 13.3.